The highest BCUT2D eigenvalue weighted by atomic mass is 32.2. The summed E-state index contributed by atoms with van der Waals surface area (Å²) in [5, 5.41) is 4.55. The Morgan fingerprint density at radius 1 is 1.17 bits per heavy atom. The van der Waals surface area contributed by atoms with Gasteiger partial charge in [-0.15, -0.1) is 0 Å². The molecule has 4 rings (SSSR count). The minimum atomic E-state index is -0.0184. The second-order valence-corrected chi connectivity index (χ2v) is 7.69. The molecule has 1 saturated heterocycles. The third kappa shape index (κ3) is 2.85. The molecule has 0 atom stereocenters. The summed E-state index contributed by atoms with van der Waals surface area (Å²) >= 11 is 1.89. The average molecular weight is 346 g/mol. The van der Waals surface area contributed by atoms with Crippen LogP contribution in [0.1, 0.15) is 30.5 Å². The molecule has 1 aliphatic carbocycles. The average Bonchev–Trinajstić information content (AvgIpc) is 3.01. The summed E-state index contributed by atoms with van der Waals surface area (Å²) in [5.41, 5.74) is 2.86. The van der Waals surface area contributed by atoms with Crippen LogP contribution in [0, 0.1) is 0 Å². The van der Waals surface area contributed by atoms with Gasteiger partial charge in [-0.3, -0.25) is 9.59 Å². The molecule has 24 heavy (non-hydrogen) atoms. The fourth-order valence-corrected chi connectivity index (χ4v) is 4.52. The van der Waals surface area contributed by atoms with Crippen LogP contribution in [-0.2, 0) is 24.2 Å². The summed E-state index contributed by atoms with van der Waals surface area (Å²) in [6, 6.07) is 0. The topological polar surface area (TPSA) is 59.6 Å². The van der Waals surface area contributed by atoms with Crippen LogP contribution in [0.3, 0.4) is 0 Å². The molecule has 0 saturated carbocycles. The van der Waals surface area contributed by atoms with Crippen molar-refractivity contribution in [1.29, 1.82) is 0 Å². The Morgan fingerprint density at radius 2 is 1.96 bits per heavy atom. The van der Waals surface area contributed by atoms with Crippen LogP contribution in [0.4, 0.5) is 0 Å². The SMILES string of the molecule is O=C(CCn1ccn2nc3c(c2c1=O)CCCC3)N1CCSCC1. The van der Waals surface area contributed by atoms with Gasteiger partial charge in [-0.1, -0.05) is 0 Å². The molecule has 0 aromatic carbocycles. The van der Waals surface area contributed by atoms with Crippen molar-refractivity contribution in [1.82, 2.24) is 19.1 Å². The van der Waals surface area contributed by atoms with Gasteiger partial charge in [0.25, 0.3) is 5.56 Å². The van der Waals surface area contributed by atoms with Gasteiger partial charge in [0.15, 0.2) is 0 Å². The van der Waals surface area contributed by atoms with Crippen molar-refractivity contribution in [3.05, 3.63) is 34.0 Å². The standard InChI is InChI=1S/C17H22N4O2S/c22-15(19-9-11-24-12-10-19)5-6-20-7-8-21-16(17(20)23)13-3-1-2-4-14(13)18-21/h7-8H,1-6,9-12H2. The first-order chi connectivity index (χ1) is 11.7. The summed E-state index contributed by atoms with van der Waals surface area (Å²) in [5.74, 6) is 2.18. The predicted octanol–water partition coefficient (Wildman–Crippen LogP) is 1.34. The zero-order valence-electron chi connectivity index (χ0n) is 13.7. The highest BCUT2D eigenvalue weighted by Crippen LogP contribution is 2.22. The zero-order chi connectivity index (χ0) is 16.5. The van der Waals surface area contributed by atoms with Gasteiger partial charge in [-0.05, 0) is 25.7 Å². The summed E-state index contributed by atoms with van der Waals surface area (Å²) in [4.78, 5) is 27.1. The minimum Gasteiger partial charge on any atom is -0.341 e. The molecule has 2 aliphatic rings. The van der Waals surface area contributed by atoms with E-state index in [1.54, 1.807) is 15.3 Å². The number of nitrogens with zero attached hydrogens (tertiary/aromatic N) is 4. The number of hydrogen-bond donors (Lipinski definition) is 0. The molecule has 0 bridgehead atoms. The molecule has 2 aromatic heterocycles. The summed E-state index contributed by atoms with van der Waals surface area (Å²) in [7, 11) is 0. The normalized spacial score (nSPS) is 17.9. The second kappa shape index (κ2) is 6.63. The monoisotopic (exact) mass is 346 g/mol. The lowest BCUT2D eigenvalue weighted by molar-refractivity contribution is -0.131. The van der Waals surface area contributed by atoms with Crippen LogP contribution in [-0.4, -0.2) is 49.6 Å². The van der Waals surface area contributed by atoms with Gasteiger partial charge in [-0.25, -0.2) is 4.52 Å². The summed E-state index contributed by atoms with van der Waals surface area (Å²) in [6.07, 6.45) is 8.15. The van der Waals surface area contributed by atoms with Crippen molar-refractivity contribution in [2.75, 3.05) is 24.6 Å². The molecule has 0 N–H and O–H groups in total. The number of aromatic nitrogens is 3. The molecule has 0 spiro atoms. The van der Waals surface area contributed by atoms with Gasteiger partial charge in [0, 0.05) is 55.5 Å². The zero-order valence-corrected chi connectivity index (χ0v) is 14.6. The van der Waals surface area contributed by atoms with Gasteiger partial charge in [0.05, 0.1) is 5.69 Å². The molecule has 3 heterocycles. The Kier molecular flexibility index (Phi) is 4.35. The molecule has 0 unspecified atom stereocenters. The maximum absolute atomic E-state index is 12.8. The Hall–Kier alpha value is -1.76. The number of carbonyl (C=O) groups excluding carboxylic acids is 1. The lowest BCUT2D eigenvalue weighted by Crippen LogP contribution is -2.38. The third-order valence-electron chi connectivity index (χ3n) is 4.96. The van der Waals surface area contributed by atoms with Crippen LogP contribution >= 0.6 is 11.8 Å². The molecule has 128 valence electrons. The molecule has 2 aromatic rings. The van der Waals surface area contributed by atoms with E-state index in [9.17, 15) is 9.59 Å². The fraction of sp³-hybridized carbons (Fsp3) is 0.588. The van der Waals surface area contributed by atoms with Gasteiger partial charge in [0.2, 0.25) is 5.91 Å². The number of aryl methyl sites for hydroxylation is 3. The molecule has 7 heteroatoms. The highest BCUT2D eigenvalue weighted by Gasteiger charge is 2.20. The number of rotatable bonds is 3. The van der Waals surface area contributed by atoms with Crippen molar-refractivity contribution in [3.63, 3.8) is 0 Å². The largest absolute Gasteiger partial charge is 0.341 e. The molecule has 0 radical (unpaired) electrons. The lowest BCUT2D eigenvalue weighted by Gasteiger charge is -2.26. The minimum absolute atomic E-state index is 0.0184. The van der Waals surface area contributed by atoms with Crippen molar-refractivity contribution in [2.24, 2.45) is 0 Å². The van der Waals surface area contributed by atoms with E-state index in [1.807, 2.05) is 22.9 Å². The first-order valence-corrected chi connectivity index (χ1v) is 9.84. The van der Waals surface area contributed by atoms with E-state index in [4.69, 9.17) is 0 Å². The van der Waals surface area contributed by atoms with Crippen molar-refractivity contribution < 1.29 is 4.79 Å². The smallest absolute Gasteiger partial charge is 0.276 e. The third-order valence-corrected chi connectivity index (χ3v) is 5.91. The molecular formula is C17H22N4O2S. The van der Waals surface area contributed by atoms with Gasteiger partial charge < -0.3 is 9.47 Å². The van der Waals surface area contributed by atoms with E-state index in [0.717, 1.165) is 61.5 Å². The van der Waals surface area contributed by atoms with Crippen molar-refractivity contribution >= 4 is 23.2 Å². The Bertz CT molecular complexity index is 820. The van der Waals surface area contributed by atoms with E-state index < -0.39 is 0 Å². The lowest BCUT2D eigenvalue weighted by atomic mass is 9.97. The molecule has 1 fully saturated rings. The quantitative estimate of drug-likeness (QED) is 0.842. The van der Waals surface area contributed by atoms with Gasteiger partial charge in [0.1, 0.15) is 5.52 Å². The number of carbonyl (C=O) groups is 1. The number of fused-ring (bicyclic) bond motifs is 3. The fourth-order valence-electron chi connectivity index (χ4n) is 3.62. The van der Waals surface area contributed by atoms with Crippen LogP contribution < -0.4 is 5.56 Å². The number of amides is 1. The predicted molar refractivity (Wildman–Crippen MR) is 94.6 cm³/mol. The molecule has 1 amide bonds. The number of thioether (sulfide) groups is 1. The van der Waals surface area contributed by atoms with Crippen LogP contribution in [0.15, 0.2) is 17.2 Å². The molecule has 6 nitrogen and oxygen atoms in total. The first kappa shape index (κ1) is 15.7. The van der Waals surface area contributed by atoms with E-state index in [1.165, 1.54) is 0 Å². The van der Waals surface area contributed by atoms with E-state index >= 15 is 0 Å². The maximum Gasteiger partial charge on any atom is 0.276 e. The van der Waals surface area contributed by atoms with E-state index in [-0.39, 0.29) is 11.5 Å². The van der Waals surface area contributed by atoms with Crippen LogP contribution in [0.25, 0.3) is 5.52 Å². The van der Waals surface area contributed by atoms with E-state index in [0.29, 0.717) is 18.5 Å². The second-order valence-electron chi connectivity index (χ2n) is 6.47. The Balaban J connectivity index is 1.55. The van der Waals surface area contributed by atoms with Crippen molar-refractivity contribution in [3.8, 4) is 0 Å². The Labute approximate surface area is 144 Å². The van der Waals surface area contributed by atoms with E-state index in [2.05, 4.69) is 5.10 Å². The highest BCUT2D eigenvalue weighted by molar-refractivity contribution is 7.99. The van der Waals surface area contributed by atoms with Crippen LogP contribution in [0.2, 0.25) is 0 Å². The van der Waals surface area contributed by atoms with Crippen molar-refractivity contribution in [2.45, 2.75) is 38.6 Å². The summed E-state index contributed by atoms with van der Waals surface area (Å²) in [6.45, 7) is 2.10. The first-order valence-electron chi connectivity index (χ1n) is 8.69. The van der Waals surface area contributed by atoms with Crippen LogP contribution in [0.5, 0.6) is 0 Å². The number of hydrogen-bond acceptors (Lipinski definition) is 4. The molecular weight excluding hydrogens is 324 g/mol. The summed E-state index contributed by atoms with van der Waals surface area (Å²) < 4.78 is 3.39. The Morgan fingerprint density at radius 3 is 2.79 bits per heavy atom. The maximum atomic E-state index is 12.8. The van der Waals surface area contributed by atoms with Gasteiger partial charge >= 0.3 is 0 Å². The molecule has 1 aliphatic heterocycles. The van der Waals surface area contributed by atoms with Gasteiger partial charge in [-0.2, -0.15) is 16.9 Å².